The quantitative estimate of drug-likeness (QED) is 0.855. The third kappa shape index (κ3) is 5.19. The summed E-state index contributed by atoms with van der Waals surface area (Å²) in [7, 11) is 1.65. The number of amides is 1. The number of hydrogen-bond donors (Lipinski definition) is 1. The summed E-state index contributed by atoms with van der Waals surface area (Å²) in [6, 6.07) is 7.90. The van der Waals surface area contributed by atoms with E-state index in [-0.39, 0.29) is 5.91 Å². The van der Waals surface area contributed by atoms with Crippen LogP contribution in [-0.2, 0) is 17.6 Å². The number of rotatable bonds is 7. The monoisotopic (exact) mass is 304 g/mol. The Bertz CT molecular complexity index is 595. The molecule has 0 aliphatic rings. The van der Waals surface area contributed by atoms with Crippen molar-refractivity contribution in [3.63, 3.8) is 0 Å². The van der Waals surface area contributed by atoms with E-state index in [0.29, 0.717) is 19.4 Å². The largest absolute Gasteiger partial charge is 0.497 e. The predicted octanol–water partition coefficient (Wildman–Crippen LogP) is 2.75. The molecule has 5 heteroatoms. The molecule has 0 radical (unpaired) electrons. The molecule has 1 aromatic carbocycles. The van der Waals surface area contributed by atoms with Crippen LogP contribution in [0.5, 0.6) is 5.75 Å². The number of carbonyl (C=O) groups excluding carboxylic acids is 1. The molecule has 0 saturated carbocycles. The van der Waals surface area contributed by atoms with Gasteiger partial charge in [-0.2, -0.15) is 0 Å². The van der Waals surface area contributed by atoms with Crippen LogP contribution in [0.25, 0.3) is 0 Å². The van der Waals surface area contributed by atoms with Crippen molar-refractivity contribution in [2.24, 2.45) is 0 Å². The Balaban J connectivity index is 1.69. The van der Waals surface area contributed by atoms with Crippen molar-refractivity contribution in [1.82, 2.24) is 10.3 Å². The van der Waals surface area contributed by atoms with Gasteiger partial charge in [0.15, 0.2) is 0 Å². The molecule has 21 heavy (non-hydrogen) atoms. The number of methoxy groups -OCH3 is 1. The summed E-state index contributed by atoms with van der Waals surface area (Å²) < 4.78 is 5.18. The molecule has 0 bridgehead atoms. The highest BCUT2D eigenvalue weighted by molar-refractivity contribution is 7.09. The molecule has 0 spiro atoms. The number of benzene rings is 1. The Labute approximate surface area is 129 Å². The molecule has 0 fully saturated rings. The van der Waals surface area contributed by atoms with E-state index in [4.69, 9.17) is 4.74 Å². The van der Waals surface area contributed by atoms with Crippen LogP contribution in [0.3, 0.4) is 0 Å². The van der Waals surface area contributed by atoms with E-state index in [0.717, 1.165) is 28.4 Å². The number of nitrogens with one attached hydrogen (secondary N) is 1. The van der Waals surface area contributed by atoms with Gasteiger partial charge in [-0.05, 0) is 37.5 Å². The molecule has 2 rings (SSSR count). The van der Waals surface area contributed by atoms with Crippen LogP contribution in [-0.4, -0.2) is 24.5 Å². The first-order valence-corrected chi connectivity index (χ1v) is 7.86. The van der Waals surface area contributed by atoms with Crippen molar-refractivity contribution in [2.75, 3.05) is 13.7 Å². The smallest absolute Gasteiger partial charge is 0.220 e. The Morgan fingerprint density at radius 3 is 2.95 bits per heavy atom. The van der Waals surface area contributed by atoms with E-state index in [1.165, 1.54) is 0 Å². The molecule has 112 valence electrons. The van der Waals surface area contributed by atoms with E-state index in [2.05, 4.69) is 10.3 Å². The number of ether oxygens (including phenoxy) is 1. The highest BCUT2D eigenvalue weighted by Gasteiger charge is 2.04. The lowest BCUT2D eigenvalue weighted by molar-refractivity contribution is -0.121. The summed E-state index contributed by atoms with van der Waals surface area (Å²) >= 11 is 1.62. The number of hydrogen-bond acceptors (Lipinski definition) is 4. The van der Waals surface area contributed by atoms with Crippen LogP contribution in [0.1, 0.15) is 22.7 Å². The third-order valence-electron chi connectivity index (χ3n) is 3.14. The van der Waals surface area contributed by atoms with Gasteiger partial charge in [0.2, 0.25) is 5.91 Å². The zero-order valence-corrected chi connectivity index (χ0v) is 13.2. The molecule has 0 saturated heterocycles. The first-order chi connectivity index (χ1) is 10.2. The van der Waals surface area contributed by atoms with Gasteiger partial charge in [0, 0.05) is 18.3 Å². The highest BCUT2D eigenvalue weighted by Crippen LogP contribution is 2.12. The molecule has 0 unspecified atom stereocenters. The molecule has 1 heterocycles. The van der Waals surface area contributed by atoms with Gasteiger partial charge in [0.1, 0.15) is 5.75 Å². The van der Waals surface area contributed by atoms with Crippen molar-refractivity contribution < 1.29 is 9.53 Å². The van der Waals surface area contributed by atoms with Crippen LogP contribution >= 0.6 is 11.3 Å². The van der Waals surface area contributed by atoms with Gasteiger partial charge < -0.3 is 10.1 Å². The molecule has 4 nitrogen and oxygen atoms in total. The number of aryl methyl sites for hydroxylation is 2. The van der Waals surface area contributed by atoms with Crippen LogP contribution in [0, 0.1) is 6.92 Å². The van der Waals surface area contributed by atoms with Crippen molar-refractivity contribution in [3.8, 4) is 5.75 Å². The Kier molecular flexibility index (Phi) is 5.75. The lowest BCUT2D eigenvalue weighted by Gasteiger charge is -2.06. The normalized spacial score (nSPS) is 10.4. The standard InChI is InChI=1S/C16H20N2O2S/c1-12-18-14(11-21-12)6-7-16(19)17-9-8-13-4-3-5-15(10-13)20-2/h3-5,10-11H,6-9H2,1-2H3,(H,17,19). The lowest BCUT2D eigenvalue weighted by Crippen LogP contribution is -2.25. The van der Waals surface area contributed by atoms with Gasteiger partial charge in [0.05, 0.1) is 17.8 Å². The molecule has 0 atom stereocenters. The number of thiazole rings is 1. The van der Waals surface area contributed by atoms with Gasteiger partial charge in [-0.15, -0.1) is 11.3 Å². The fraction of sp³-hybridized carbons (Fsp3) is 0.375. The summed E-state index contributed by atoms with van der Waals surface area (Å²) in [6.07, 6.45) is 2.00. The molecule has 1 N–H and O–H groups in total. The molecular weight excluding hydrogens is 284 g/mol. The van der Waals surface area contributed by atoms with Gasteiger partial charge in [-0.3, -0.25) is 4.79 Å². The van der Waals surface area contributed by atoms with Crippen molar-refractivity contribution >= 4 is 17.2 Å². The van der Waals surface area contributed by atoms with Gasteiger partial charge in [-0.25, -0.2) is 4.98 Å². The summed E-state index contributed by atoms with van der Waals surface area (Å²) in [6.45, 7) is 2.62. The fourth-order valence-electron chi connectivity index (χ4n) is 2.03. The molecule has 1 amide bonds. The minimum atomic E-state index is 0.0727. The third-order valence-corrected chi connectivity index (χ3v) is 3.97. The first kappa shape index (κ1) is 15.5. The Morgan fingerprint density at radius 1 is 1.38 bits per heavy atom. The Morgan fingerprint density at radius 2 is 2.24 bits per heavy atom. The zero-order valence-electron chi connectivity index (χ0n) is 12.4. The average Bonchev–Trinajstić information content (AvgIpc) is 2.91. The zero-order chi connectivity index (χ0) is 15.1. The topological polar surface area (TPSA) is 51.2 Å². The SMILES string of the molecule is COc1cccc(CCNC(=O)CCc2csc(C)n2)c1. The van der Waals surface area contributed by atoms with E-state index in [9.17, 15) is 4.79 Å². The average molecular weight is 304 g/mol. The van der Waals surface area contributed by atoms with Crippen molar-refractivity contribution in [3.05, 3.63) is 45.9 Å². The summed E-state index contributed by atoms with van der Waals surface area (Å²) in [4.78, 5) is 16.1. The maximum atomic E-state index is 11.8. The Hall–Kier alpha value is -1.88. The predicted molar refractivity (Wildman–Crippen MR) is 84.9 cm³/mol. The van der Waals surface area contributed by atoms with Crippen molar-refractivity contribution in [1.29, 1.82) is 0 Å². The molecule has 2 aromatic rings. The minimum Gasteiger partial charge on any atom is -0.497 e. The highest BCUT2D eigenvalue weighted by atomic mass is 32.1. The summed E-state index contributed by atoms with van der Waals surface area (Å²) in [5.41, 5.74) is 2.16. The maximum Gasteiger partial charge on any atom is 0.220 e. The fourth-order valence-corrected chi connectivity index (χ4v) is 2.67. The van der Waals surface area contributed by atoms with E-state index in [1.54, 1.807) is 18.4 Å². The number of aromatic nitrogens is 1. The van der Waals surface area contributed by atoms with Crippen LogP contribution < -0.4 is 10.1 Å². The van der Waals surface area contributed by atoms with E-state index < -0.39 is 0 Å². The van der Waals surface area contributed by atoms with E-state index >= 15 is 0 Å². The van der Waals surface area contributed by atoms with Crippen LogP contribution in [0.4, 0.5) is 0 Å². The second-order valence-electron chi connectivity index (χ2n) is 4.81. The minimum absolute atomic E-state index is 0.0727. The molecule has 1 aromatic heterocycles. The van der Waals surface area contributed by atoms with Gasteiger partial charge in [-0.1, -0.05) is 12.1 Å². The van der Waals surface area contributed by atoms with E-state index in [1.807, 2.05) is 36.6 Å². The molecule has 0 aliphatic heterocycles. The van der Waals surface area contributed by atoms with Crippen molar-refractivity contribution in [2.45, 2.75) is 26.2 Å². The van der Waals surface area contributed by atoms with Gasteiger partial charge >= 0.3 is 0 Å². The van der Waals surface area contributed by atoms with Crippen LogP contribution in [0.15, 0.2) is 29.6 Å². The molecular formula is C16H20N2O2S. The maximum absolute atomic E-state index is 11.8. The second-order valence-corrected chi connectivity index (χ2v) is 5.87. The summed E-state index contributed by atoms with van der Waals surface area (Å²) in [5.74, 6) is 0.918. The summed E-state index contributed by atoms with van der Waals surface area (Å²) in [5, 5.41) is 6.00. The molecule has 0 aliphatic carbocycles. The first-order valence-electron chi connectivity index (χ1n) is 6.98. The van der Waals surface area contributed by atoms with Gasteiger partial charge in [0.25, 0.3) is 0 Å². The van der Waals surface area contributed by atoms with Crippen LogP contribution in [0.2, 0.25) is 0 Å². The second kappa shape index (κ2) is 7.78. The lowest BCUT2D eigenvalue weighted by atomic mass is 10.1. The number of nitrogens with zero attached hydrogens (tertiary/aromatic N) is 1. The number of carbonyl (C=O) groups is 1.